The minimum atomic E-state index is -5.18. The van der Waals surface area contributed by atoms with Gasteiger partial charge in [-0.25, -0.2) is 13.2 Å². The van der Waals surface area contributed by atoms with Crippen molar-refractivity contribution in [2.24, 2.45) is 0 Å². The second-order valence-corrected chi connectivity index (χ2v) is 7.87. The third-order valence-corrected chi connectivity index (χ3v) is 5.42. The lowest BCUT2D eigenvalue weighted by Crippen LogP contribution is -2.11. The van der Waals surface area contributed by atoms with E-state index in [-0.39, 0.29) is 11.1 Å². The summed E-state index contributed by atoms with van der Waals surface area (Å²) in [5, 5.41) is 0. The molecule has 0 aliphatic heterocycles. The number of alkyl halides is 3. The molecule has 0 aliphatic rings. The topological polar surface area (TPSA) is 0 Å². The predicted molar refractivity (Wildman–Crippen MR) is 128 cm³/mol. The lowest BCUT2D eigenvalue weighted by Gasteiger charge is -2.12. The summed E-state index contributed by atoms with van der Waals surface area (Å²) in [6.07, 6.45) is -4.43. The van der Waals surface area contributed by atoms with Gasteiger partial charge in [-0.1, -0.05) is 80.1 Å². The van der Waals surface area contributed by atoms with E-state index in [0.29, 0.717) is 17.7 Å². The molecule has 0 amide bonds. The van der Waals surface area contributed by atoms with Crippen LogP contribution in [0.25, 0.3) is 22.3 Å². The maximum absolute atomic E-state index is 14.8. The van der Waals surface area contributed by atoms with Crippen molar-refractivity contribution in [1.82, 2.24) is 0 Å². The van der Waals surface area contributed by atoms with Crippen molar-refractivity contribution in [1.29, 1.82) is 0 Å². The van der Waals surface area contributed by atoms with Gasteiger partial charge in [0.1, 0.15) is 23.0 Å². The normalized spacial score (nSPS) is 11.1. The van der Waals surface area contributed by atoms with Crippen LogP contribution in [0.3, 0.4) is 0 Å². The molecule has 0 saturated carbocycles. The lowest BCUT2D eigenvalue weighted by molar-refractivity contribution is -0.142. The molecule has 182 valence electrons. The highest BCUT2D eigenvalue weighted by Crippen LogP contribution is 2.37. The molecule has 0 N–H and O–H groups in total. The summed E-state index contributed by atoms with van der Waals surface area (Å²) >= 11 is 0. The molecule has 4 aromatic carbocycles. The van der Waals surface area contributed by atoms with Crippen LogP contribution in [0.5, 0.6) is 0 Å². The molecule has 0 radical (unpaired) electrons. The molecule has 0 spiro atoms. The summed E-state index contributed by atoms with van der Waals surface area (Å²) in [5.74, 6) is -4.37. The maximum Gasteiger partial charge on any atom is 0.422 e. The molecule has 0 nitrogen and oxygen atoms in total. The van der Waals surface area contributed by atoms with Crippen molar-refractivity contribution in [3.63, 3.8) is 0 Å². The maximum atomic E-state index is 14.8. The van der Waals surface area contributed by atoms with E-state index < -0.39 is 29.2 Å². The van der Waals surface area contributed by atoms with Crippen molar-refractivity contribution < 1.29 is 26.3 Å². The summed E-state index contributed by atoms with van der Waals surface area (Å²) in [6.45, 7) is 6.02. The van der Waals surface area contributed by atoms with Crippen LogP contribution in [0.4, 0.5) is 26.3 Å². The Bertz CT molecular complexity index is 1260. The largest absolute Gasteiger partial charge is 0.422 e. The van der Waals surface area contributed by atoms with Crippen molar-refractivity contribution in [2.75, 3.05) is 0 Å². The molecule has 0 bridgehead atoms. The molecule has 0 heterocycles. The summed E-state index contributed by atoms with van der Waals surface area (Å²) in [7, 11) is 0. The summed E-state index contributed by atoms with van der Waals surface area (Å²) < 4.78 is 80.9. The number of rotatable bonds is 4. The zero-order valence-electron chi connectivity index (χ0n) is 19.5. The third kappa shape index (κ3) is 6.13. The van der Waals surface area contributed by atoms with Gasteiger partial charge in [-0.2, -0.15) is 13.2 Å². The van der Waals surface area contributed by atoms with Gasteiger partial charge >= 0.3 is 6.18 Å². The number of hydrogen-bond acceptors (Lipinski definition) is 0. The Morgan fingerprint density at radius 1 is 0.571 bits per heavy atom. The number of hydrogen-bond donors (Lipinski definition) is 0. The van der Waals surface area contributed by atoms with E-state index in [4.69, 9.17) is 0 Å². The third-order valence-electron chi connectivity index (χ3n) is 5.42. The van der Waals surface area contributed by atoms with Crippen LogP contribution in [0, 0.1) is 24.4 Å². The van der Waals surface area contributed by atoms with Crippen molar-refractivity contribution in [2.45, 2.75) is 33.4 Å². The first-order valence-electron chi connectivity index (χ1n) is 11.1. The van der Waals surface area contributed by atoms with Gasteiger partial charge in [0.25, 0.3) is 0 Å². The van der Waals surface area contributed by atoms with Crippen LogP contribution in [-0.2, 0) is 12.6 Å². The summed E-state index contributed by atoms with van der Waals surface area (Å²) in [6, 6.07) is 20.8. The number of aryl methyl sites for hydroxylation is 1. The van der Waals surface area contributed by atoms with E-state index in [1.807, 2.05) is 57.2 Å². The van der Waals surface area contributed by atoms with Gasteiger partial charge in [0.15, 0.2) is 0 Å². The van der Waals surface area contributed by atoms with Gasteiger partial charge in [0, 0.05) is 5.56 Å². The molecule has 35 heavy (non-hydrogen) atoms. The highest BCUT2D eigenvalue weighted by Gasteiger charge is 2.38. The SMILES string of the molecule is CC.Cc1ccc(Cc2ccc(-c3ccc(-c4cc(F)c(C(F)(F)F)c(F)c4)c(F)c3)cc2)cc1. The van der Waals surface area contributed by atoms with Gasteiger partial charge in [-0.3, -0.25) is 0 Å². The molecular formula is C29H24F6. The molecule has 0 aromatic heterocycles. The fourth-order valence-electron chi connectivity index (χ4n) is 3.68. The van der Waals surface area contributed by atoms with Crippen LogP contribution in [0.1, 0.15) is 36.1 Å². The molecule has 0 atom stereocenters. The van der Waals surface area contributed by atoms with Crippen LogP contribution in [0.2, 0.25) is 0 Å². The van der Waals surface area contributed by atoms with Gasteiger partial charge in [-0.05, 0) is 59.4 Å². The first-order valence-corrected chi connectivity index (χ1v) is 11.1. The van der Waals surface area contributed by atoms with E-state index in [1.165, 1.54) is 23.3 Å². The second kappa shape index (κ2) is 10.8. The van der Waals surface area contributed by atoms with Crippen LogP contribution in [0.15, 0.2) is 78.9 Å². The van der Waals surface area contributed by atoms with Crippen molar-refractivity contribution in [3.8, 4) is 22.3 Å². The molecule has 0 fully saturated rings. The average molecular weight is 486 g/mol. The standard InChI is InChI=1S/C27H18F6.C2H6/c1-16-2-4-17(5-3-16)12-18-6-8-19(9-7-18)20-10-11-22(23(28)13-20)21-14-24(29)26(25(30)15-21)27(31,32)33;1-2/h2-11,13-15H,12H2,1H3;1-2H3. The van der Waals surface area contributed by atoms with E-state index in [1.54, 1.807) is 6.07 Å². The van der Waals surface area contributed by atoms with E-state index in [9.17, 15) is 26.3 Å². The van der Waals surface area contributed by atoms with Crippen molar-refractivity contribution in [3.05, 3.63) is 119 Å². The molecular weight excluding hydrogens is 462 g/mol. The quantitative estimate of drug-likeness (QED) is 0.252. The highest BCUT2D eigenvalue weighted by molar-refractivity contribution is 5.71. The van der Waals surface area contributed by atoms with Crippen LogP contribution >= 0.6 is 0 Å². The molecule has 4 rings (SSSR count). The van der Waals surface area contributed by atoms with E-state index >= 15 is 0 Å². The van der Waals surface area contributed by atoms with Gasteiger partial charge in [-0.15, -0.1) is 0 Å². The zero-order valence-corrected chi connectivity index (χ0v) is 19.5. The molecule has 6 heteroatoms. The van der Waals surface area contributed by atoms with Crippen molar-refractivity contribution >= 4 is 0 Å². The van der Waals surface area contributed by atoms with Gasteiger partial charge < -0.3 is 0 Å². The Hall–Kier alpha value is -3.54. The van der Waals surface area contributed by atoms with Gasteiger partial charge in [0.05, 0.1) is 0 Å². The highest BCUT2D eigenvalue weighted by atomic mass is 19.4. The zero-order chi connectivity index (χ0) is 25.8. The van der Waals surface area contributed by atoms with Crippen LogP contribution in [-0.4, -0.2) is 0 Å². The molecule has 4 aromatic rings. The molecule has 0 saturated heterocycles. The summed E-state index contributed by atoms with van der Waals surface area (Å²) in [5.41, 5.74) is 2.20. The Labute approximate surface area is 200 Å². The van der Waals surface area contributed by atoms with Crippen LogP contribution < -0.4 is 0 Å². The lowest BCUT2D eigenvalue weighted by atomic mass is 9.97. The number of halogens is 6. The first kappa shape index (κ1) is 26.1. The fraction of sp³-hybridized carbons (Fsp3) is 0.172. The van der Waals surface area contributed by atoms with Gasteiger partial charge in [0.2, 0.25) is 0 Å². The summed E-state index contributed by atoms with van der Waals surface area (Å²) in [4.78, 5) is 0. The number of benzene rings is 4. The molecule has 0 unspecified atom stereocenters. The fourth-order valence-corrected chi connectivity index (χ4v) is 3.68. The average Bonchev–Trinajstić information content (AvgIpc) is 2.81. The Balaban J connectivity index is 0.00000167. The Morgan fingerprint density at radius 3 is 1.51 bits per heavy atom. The predicted octanol–water partition coefficient (Wildman–Crippen LogP) is 9.38. The van der Waals surface area contributed by atoms with E-state index in [2.05, 4.69) is 12.1 Å². The Morgan fingerprint density at radius 2 is 1.03 bits per heavy atom. The Kier molecular flexibility index (Phi) is 8.05. The minimum Gasteiger partial charge on any atom is -0.206 e. The van der Waals surface area contributed by atoms with E-state index in [0.717, 1.165) is 17.5 Å². The monoisotopic (exact) mass is 486 g/mol. The minimum absolute atomic E-state index is 0.193. The second-order valence-electron chi connectivity index (χ2n) is 7.87. The first-order chi connectivity index (χ1) is 16.6. The molecule has 0 aliphatic carbocycles. The smallest absolute Gasteiger partial charge is 0.206 e.